The Balaban J connectivity index is 2.02. The lowest BCUT2D eigenvalue weighted by Gasteiger charge is -2.36. The van der Waals surface area contributed by atoms with Gasteiger partial charge in [-0.3, -0.25) is 4.79 Å². The molecule has 1 N–H and O–H groups in total. The summed E-state index contributed by atoms with van der Waals surface area (Å²) in [6, 6.07) is 6.99. The number of fused-ring (bicyclic) bond motifs is 1. The number of aliphatic imine (C=N–C) groups is 1. The van der Waals surface area contributed by atoms with Crippen molar-refractivity contribution in [2.75, 3.05) is 0 Å². The van der Waals surface area contributed by atoms with Crippen LogP contribution in [0.25, 0.3) is 0 Å². The lowest BCUT2D eigenvalue weighted by molar-refractivity contribution is -0.143. The van der Waals surface area contributed by atoms with Crippen molar-refractivity contribution in [3.8, 4) is 0 Å². The summed E-state index contributed by atoms with van der Waals surface area (Å²) in [4.78, 5) is 32.3. The van der Waals surface area contributed by atoms with E-state index < -0.39 is 12.0 Å². The summed E-state index contributed by atoms with van der Waals surface area (Å²) < 4.78 is 5.54. The van der Waals surface area contributed by atoms with Crippen LogP contribution in [0.5, 0.6) is 0 Å². The number of amides is 1. The van der Waals surface area contributed by atoms with Crippen molar-refractivity contribution in [2.45, 2.75) is 65.6 Å². The van der Waals surface area contributed by atoms with Gasteiger partial charge in [0, 0.05) is 16.8 Å². The number of nitrogens with one attached hydrogen (secondary N) is 1. The third-order valence-corrected chi connectivity index (χ3v) is 6.36. The van der Waals surface area contributed by atoms with Gasteiger partial charge in [0.25, 0.3) is 0 Å². The van der Waals surface area contributed by atoms with Gasteiger partial charge >= 0.3 is 5.97 Å². The zero-order valence-corrected chi connectivity index (χ0v) is 20.0. The van der Waals surface area contributed by atoms with Crippen molar-refractivity contribution in [1.82, 2.24) is 10.2 Å². The number of allylic oxidation sites excluding steroid dienone is 1. The first kappa shape index (κ1) is 23.4. The van der Waals surface area contributed by atoms with Crippen LogP contribution >= 0.6 is 23.4 Å². The van der Waals surface area contributed by atoms with Crippen LogP contribution in [-0.4, -0.2) is 34.1 Å². The number of esters is 1. The molecule has 1 aromatic carbocycles. The maximum atomic E-state index is 13.1. The van der Waals surface area contributed by atoms with Gasteiger partial charge in [-0.15, -0.1) is 0 Å². The van der Waals surface area contributed by atoms with Crippen molar-refractivity contribution < 1.29 is 14.3 Å². The quantitative estimate of drug-likeness (QED) is 0.567. The summed E-state index contributed by atoms with van der Waals surface area (Å²) in [5.41, 5.74) is 2.56. The Hall–Kier alpha value is -2.25. The van der Waals surface area contributed by atoms with Crippen molar-refractivity contribution in [3.63, 3.8) is 0 Å². The summed E-state index contributed by atoms with van der Waals surface area (Å²) in [7, 11) is 0. The molecule has 8 heteroatoms. The molecule has 3 rings (SSSR count). The van der Waals surface area contributed by atoms with Crippen LogP contribution in [0, 0.1) is 0 Å². The number of carbonyl (C=O) groups is 2. The van der Waals surface area contributed by atoms with E-state index in [-0.39, 0.29) is 24.5 Å². The van der Waals surface area contributed by atoms with Crippen LogP contribution in [0.15, 0.2) is 51.6 Å². The van der Waals surface area contributed by atoms with E-state index in [0.29, 0.717) is 16.3 Å². The van der Waals surface area contributed by atoms with Crippen LogP contribution in [-0.2, 0) is 14.3 Å². The van der Waals surface area contributed by atoms with Gasteiger partial charge in [0.05, 0.1) is 29.8 Å². The summed E-state index contributed by atoms with van der Waals surface area (Å²) in [5.74, 6) is -0.501. The molecule has 0 unspecified atom stereocenters. The van der Waals surface area contributed by atoms with E-state index in [1.54, 1.807) is 13.0 Å². The lowest BCUT2D eigenvalue weighted by Crippen LogP contribution is -2.39. The molecule has 1 amide bonds. The number of nitrogens with zero attached hydrogens (tertiary/aromatic N) is 2. The van der Waals surface area contributed by atoms with E-state index in [1.165, 1.54) is 11.8 Å². The number of halogens is 1. The topological polar surface area (TPSA) is 71.0 Å². The average molecular weight is 462 g/mol. The number of hydrogen-bond acceptors (Lipinski definition) is 6. The molecule has 1 aromatic rings. The smallest absolute Gasteiger partial charge is 0.338 e. The molecule has 2 aliphatic heterocycles. The van der Waals surface area contributed by atoms with E-state index in [9.17, 15) is 9.59 Å². The van der Waals surface area contributed by atoms with Gasteiger partial charge in [-0.25, -0.2) is 9.79 Å². The highest BCUT2D eigenvalue weighted by Gasteiger charge is 2.42. The molecule has 0 aliphatic carbocycles. The second-order valence-electron chi connectivity index (χ2n) is 7.92. The van der Waals surface area contributed by atoms with E-state index in [4.69, 9.17) is 16.3 Å². The minimum atomic E-state index is -0.523. The summed E-state index contributed by atoms with van der Waals surface area (Å²) in [6.07, 6.45) is 0.767. The molecule has 0 aromatic heterocycles. The predicted molar refractivity (Wildman–Crippen MR) is 126 cm³/mol. The third-order valence-electron chi connectivity index (χ3n) is 5.12. The van der Waals surface area contributed by atoms with Crippen molar-refractivity contribution in [2.24, 2.45) is 4.99 Å². The Labute approximate surface area is 192 Å². The Bertz CT molecular complexity index is 971. The van der Waals surface area contributed by atoms with Gasteiger partial charge in [-0.2, -0.15) is 0 Å². The highest BCUT2D eigenvalue weighted by molar-refractivity contribution is 8.16. The normalized spacial score (nSPS) is 19.1. The molecule has 166 valence electrons. The second kappa shape index (κ2) is 9.92. The zero-order chi connectivity index (χ0) is 22.7. The van der Waals surface area contributed by atoms with E-state index in [1.807, 2.05) is 56.2 Å². The molecule has 2 atom stereocenters. The van der Waals surface area contributed by atoms with Crippen molar-refractivity contribution in [1.29, 1.82) is 0 Å². The first-order valence-electron chi connectivity index (χ1n) is 10.4. The second-order valence-corrected chi connectivity index (χ2v) is 9.17. The highest BCUT2D eigenvalue weighted by Crippen LogP contribution is 2.46. The zero-order valence-electron chi connectivity index (χ0n) is 18.4. The Morgan fingerprint density at radius 2 is 2.00 bits per heavy atom. The predicted octanol–water partition coefficient (Wildman–Crippen LogP) is 5.17. The number of hydrogen-bond donors (Lipinski definition) is 1. The molecular formula is C23H28ClN3O3S. The van der Waals surface area contributed by atoms with Crippen LogP contribution in [0.4, 0.5) is 0 Å². The molecular weight excluding hydrogens is 434 g/mol. The maximum absolute atomic E-state index is 13.1. The van der Waals surface area contributed by atoms with E-state index >= 15 is 0 Å². The maximum Gasteiger partial charge on any atom is 0.338 e. The van der Waals surface area contributed by atoms with Gasteiger partial charge in [-0.05, 0) is 51.2 Å². The van der Waals surface area contributed by atoms with Gasteiger partial charge in [0.1, 0.15) is 0 Å². The molecule has 2 heterocycles. The van der Waals surface area contributed by atoms with Crippen LogP contribution < -0.4 is 5.32 Å². The van der Waals surface area contributed by atoms with Crippen LogP contribution in [0.3, 0.4) is 0 Å². The number of ether oxygens (including phenoxy) is 1. The van der Waals surface area contributed by atoms with Crippen LogP contribution in [0.2, 0.25) is 5.02 Å². The Morgan fingerprint density at radius 3 is 2.65 bits per heavy atom. The number of benzene rings is 1. The fraction of sp³-hybridized carbons (Fsp3) is 0.435. The molecule has 6 nitrogen and oxygen atoms in total. The van der Waals surface area contributed by atoms with Crippen molar-refractivity contribution >= 4 is 40.4 Å². The molecule has 0 saturated carbocycles. The average Bonchev–Trinajstić information content (AvgIpc) is 3.08. The number of rotatable bonds is 7. The summed E-state index contributed by atoms with van der Waals surface area (Å²) >= 11 is 8.01. The van der Waals surface area contributed by atoms with E-state index in [0.717, 1.165) is 22.8 Å². The van der Waals surface area contributed by atoms with Gasteiger partial charge in [0.2, 0.25) is 5.91 Å². The van der Waals surface area contributed by atoms with Gasteiger partial charge in [-0.1, -0.05) is 48.5 Å². The number of carbonyl (C=O) groups excluding carboxylic acids is 2. The fourth-order valence-electron chi connectivity index (χ4n) is 3.49. The molecule has 0 spiro atoms. The minimum Gasteiger partial charge on any atom is -0.459 e. The number of thioether (sulfide) groups is 1. The number of amidine groups is 1. The highest BCUT2D eigenvalue weighted by atomic mass is 35.5. The van der Waals surface area contributed by atoms with E-state index in [2.05, 4.69) is 10.3 Å². The molecule has 31 heavy (non-hydrogen) atoms. The monoisotopic (exact) mass is 461 g/mol. The molecule has 0 fully saturated rings. The molecule has 0 saturated heterocycles. The van der Waals surface area contributed by atoms with Crippen LogP contribution in [0.1, 0.15) is 59.1 Å². The summed E-state index contributed by atoms with van der Waals surface area (Å²) in [6.45, 7) is 9.43. The molecule has 0 radical (unpaired) electrons. The SMILES string of the molecule is CC[C@H](C)NC(=O)CC1=CSC2=NC(C)=C(C(=O)OC(C)C)[C@H](c3ccccc3Cl)N12. The Morgan fingerprint density at radius 1 is 1.29 bits per heavy atom. The molecule has 0 bridgehead atoms. The van der Waals surface area contributed by atoms with Gasteiger partial charge in [0.15, 0.2) is 5.17 Å². The summed E-state index contributed by atoms with van der Waals surface area (Å²) in [5, 5.41) is 6.18. The lowest BCUT2D eigenvalue weighted by atomic mass is 9.93. The largest absolute Gasteiger partial charge is 0.459 e. The van der Waals surface area contributed by atoms with Gasteiger partial charge < -0.3 is 15.0 Å². The minimum absolute atomic E-state index is 0.0714. The first-order valence-corrected chi connectivity index (χ1v) is 11.7. The third kappa shape index (κ3) is 5.15. The fourth-order valence-corrected chi connectivity index (χ4v) is 4.70. The van der Waals surface area contributed by atoms with Crippen molar-refractivity contribution in [3.05, 3.63) is 57.2 Å². The first-order chi connectivity index (χ1) is 14.7. The standard InChI is InChI=1S/C23H28ClN3O3S/c1-6-14(4)25-19(28)11-16-12-31-23-26-15(5)20(22(29)30-13(2)3)21(27(16)23)17-9-7-8-10-18(17)24/h7-10,12-14,21H,6,11H2,1-5H3,(H,25,28)/t14-,21-/m0/s1. The Kier molecular flexibility index (Phi) is 7.49. The molecule has 2 aliphatic rings.